The number of carbonyl (C=O) groups excluding carboxylic acids is 1. The molecule has 0 bridgehead atoms. The molecule has 5 nitrogen and oxygen atoms in total. The van der Waals surface area contributed by atoms with Crippen LogP contribution in [0.5, 0.6) is 0 Å². The summed E-state index contributed by atoms with van der Waals surface area (Å²) in [7, 11) is 1.74. The Hall–Kier alpha value is -1.66. The smallest absolute Gasteiger partial charge is 0.413 e. The molecule has 4 rings (SSSR count). The van der Waals surface area contributed by atoms with Gasteiger partial charge in [0.05, 0.1) is 5.69 Å². The Morgan fingerprint density at radius 1 is 1.26 bits per heavy atom. The van der Waals surface area contributed by atoms with Crippen LogP contribution in [0.4, 0.5) is 19.4 Å². The standard InChI is InChI=1S/C16H21F2N3O2/c1-21-14(19-15(22)23-11-3-2-4-11)12(9-5-6-9)13(20-21)10-7-16(17,18)8-10/h9-11H,2-8H2,1H3,(H,19,22). The molecule has 23 heavy (non-hydrogen) atoms. The van der Waals surface area contributed by atoms with Crippen LogP contribution in [0.2, 0.25) is 0 Å². The van der Waals surface area contributed by atoms with Crippen LogP contribution in [0.1, 0.15) is 68.0 Å². The third-order valence-electron chi connectivity index (χ3n) is 5.12. The molecule has 7 heteroatoms. The lowest BCUT2D eigenvalue weighted by Gasteiger charge is -2.34. The Balaban J connectivity index is 1.54. The third-order valence-corrected chi connectivity index (χ3v) is 5.12. The molecule has 1 N–H and O–H groups in total. The molecule has 1 heterocycles. The third kappa shape index (κ3) is 2.81. The Bertz CT molecular complexity index is 628. The van der Waals surface area contributed by atoms with E-state index in [1.54, 1.807) is 11.7 Å². The number of ether oxygens (including phenoxy) is 1. The van der Waals surface area contributed by atoms with Gasteiger partial charge in [0.25, 0.3) is 0 Å². The van der Waals surface area contributed by atoms with Gasteiger partial charge in [-0.3, -0.25) is 10.00 Å². The molecule has 0 aromatic carbocycles. The van der Waals surface area contributed by atoms with Crippen molar-refractivity contribution < 1.29 is 18.3 Å². The van der Waals surface area contributed by atoms with Crippen LogP contribution in [0, 0.1) is 0 Å². The van der Waals surface area contributed by atoms with Crippen molar-refractivity contribution in [3.05, 3.63) is 11.3 Å². The van der Waals surface area contributed by atoms with Gasteiger partial charge in [0, 0.05) is 31.4 Å². The number of nitrogens with one attached hydrogen (secondary N) is 1. The van der Waals surface area contributed by atoms with Crippen molar-refractivity contribution in [3.8, 4) is 0 Å². The second-order valence-corrected chi connectivity index (χ2v) is 7.09. The van der Waals surface area contributed by atoms with E-state index in [9.17, 15) is 13.6 Å². The lowest BCUT2D eigenvalue weighted by Crippen LogP contribution is -2.34. The van der Waals surface area contributed by atoms with Crippen molar-refractivity contribution >= 4 is 11.9 Å². The van der Waals surface area contributed by atoms with Gasteiger partial charge in [-0.1, -0.05) is 0 Å². The van der Waals surface area contributed by atoms with Crippen molar-refractivity contribution in [3.63, 3.8) is 0 Å². The van der Waals surface area contributed by atoms with Crippen LogP contribution >= 0.6 is 0 Å². The summed E-state index contributed by atoms with van der Waals surface area (Å²) < 4.78 is 33.3. The molecule has 0 radical (unpaired) electrons. The summed E-state index contributed by atoms with van der Waals surface area (Å²) in [4.78, 5) is 12.0. The van der Waals surface area contributed by atoms with E-state index in [2.05, 4.69) is 10.4 Å². The maximum atomic E-state index is 13.2. The second-order valence-electron chi connectivity index (χ2n) is 7.09. The Morgan fingerprint density at radius 3 is 2.48 bits per heavy atom. The van der Waals surface area contributed by atoms with Crippen LogP contribution in [0.3, 0.4) is 0 Å². The van der Waals surface area contributed by atoms with E-state index in [1.807, 2.05) is 0 Å². The fourth-order valence-electron chi connectivity index (χ4n) is 3.41. The van der Waals surface area contributed by atoms with Gasteiger partial charge in [0.1, 0.15) is 11.9 Å². The highest BCUT2D eigenvalue weighted by molar-refractivity contribution is 5.85. The quantitative estimate of drug-likeness (QED) is 0.913. The van der Waals surface area contributed by atoms with E-state index >= 15 is 0 Å². The highest BCUT2D eigenvalue weighted by Crippen LogP contribution is 2.53. The average Bonchev–Trinajstić information content (AvgIpc) is 3.18. The number of carbonyl (C=O) groups is 1. The van der Waals surface area contributed by atoms with Crippen molar-refractivity contribution in [2.75, 3.05) is 5.32 Å². The van der Waals surface area contributed by atoms with Gasteiger partial charge in [-0.2, -0.15) is 5.10 Å². The number of anilines is 1. The molecule has 3 fully saturated rings. The Morgan fingerprint density at radius 2 is 1.96 bits per heavy atom. The topological polar surface area (TPSA) is 56.2 Å². The van der Waals surface area contributed by atoms with Gasteiger partial charge in [0.2, 0.25) is 5.92 Å². The lowest BCUT2D eigenvalue weighted by molar-refractivity contribution is -0.0878. The zero-order chi connectivity index (χ0) is 16.2. The highest BCUT2D eigenvalue weighted by atomic mass is 19.3. The summed E-state index contributed by atoms with van der Waals surface area (Å²) in [6.45, 7) is 0. The first-order chi connectivity index (χ1) is 10.9. The first-order valence-corrected chi connectivity index (χ1v) is 8.35. The summed E-state index contributed by atoms with van der Waals surface area (Å²) in [5.74, 6) is -1.83. The number of alkyl halides is 2. The minimum Gasteiger partial charge on any atom is -0.446 e. The minimum absolute atomic E-state index is 0.0115. The highest BCUT2D eigenvalue weighted by Gasteiger charge is 2.49. The fraction of sp³-hybridized carbons (Fsp3) is 0.750. The number of hydrogen-bond donors (Lipinski definition) is 1. The number of nitrogens with zero attached hydrogens (tertiary/aromatic N) is 2. The Kier molecular flexibility index (Phi) is 3.35. The first-order valence-electron chi connectivity index (χ1n) is 8.35. The van der Waals surface area contributed by atoms with E-state index in [1.165, 1.54) is 0 Å². The summed E-state index contributed by atoms with van der Waals surface area (Å²) in [5, 5.41) is 7.23. The van der Waals surface area contributed by atoms with Crippen LogP contribution < -0.4 is 5.32 Å². The zero-order valence-corrected chi connectivity index (χ0v) is 13.1. The monoisotopic (exact) mass is 325 g/mol. The number of aromatic nitrogens is 2. The fourth-order valence-corrected chi connectivity index (χ4v) is 3.41. The molecule has 0 atom stereocenters. The predicted octanol–water partition coefficient (Wildman–Crippen LogP) is 3.91. The molecular formula is C16H21F2N3O2. The van der Waals surface area contributed by atoms with Gasteiger partial charge in [-0.05, 0) is 38.0 Å². The van der Waals surface area contributed by atoms with Crippen molar-refractivity contribution in [1.29, 1.82) is 0 Å². The molecular weight excluding hydrogens is 304 g/mol. The summed E-state index contributed by atoms with van der Waals surface area (Å²) in [6.07, 6.45) is 4.22. The largest absolute Gasteiger partial charge is 0.446 e. The van der Waals surface area contributed by atoms with Crippen LogP contribution in [0.25, 0.3) is 0 Å². The van der Waals surface area contributed by atoms with E-state index < -0.39 is 12.0 Å². The number of rotatable bonds is 4. The first kappa shape index (κ1) is 14.9. The SMILES string of the molecule is Cn1nc(C2CC(F)(F)C2)c(C2CC2)c1NC(=O)OC1CCC1. The van der Waals surface area contributed by atoms with Gasteiger partial charge in [0.15, 0.2) is 0 Å². The van der Waals surface area contributed by atoms with Crippen LogP contribution in [-0.2, 0) is 11.8 Å². The maximum absolute atomic E-state index is 13.2. The predicted molar refractivity (Wildman–Crippen MR) is 79.8 cm³/mol. The van der Waals surface area contributed by atoms with E-state index in [4.69, 9.17) is 4.74 Å². The normalized spacial score (nSPS) is 24.0. The van der Waals surface area contributed by atoms with Gasteiger partial charge < -0.3 is 4.74 Å². The summed E-state index contributed by atoms with van der Waals surface area (Å²) in [5.41, 5.74) is 1.68. The van der Waals surface area contributed by atoms with E-state index in [0.717, 1.165) is 43.4 Å². The van der Waals surface area contributed by atoms with Crippen molar-refractivity contribution in [2.45, 2.75) is 68.8 Å². The van der Waals surface area contributed by atoms with Crippen LogP contribution in [-0.4, -0.2) is 27.9 Å². The van der Waals surface area contributed by atoms with Gasteiger partial charge >= 0.3 is 6.09 Å². The van der Waals surface area contributed by atoms with Crippen molar-refractivity contribution in [2.24, 2.45) is 7.05 Å². The number of halogens is 2. The minimum atomic E-state index is -2.57. The molecule has 3 saturated carbocycles. The van der Waals surface area contributed by atoms with Gasteiger partial charge in [-0.25, -0.2) is 13.6 Å². The average molecular weight is 325 g/mol. The summed E-state index contributed by atoms with van der Waals surface area (Å²) >= 11 is 0. The molecule has 0 aliphatic heterocycles. The maximum Gasteiger partial charge on any atom is 0.413 e. The van der Waals surface area contributed by atoms with Gasteiger partial charge in [-0.15, -0.1) is 0 Å². The Labute approximate surface area is 133 Å². The number of aryl methyl sites for hydroxylation is 1. The summed E-state index contributed by atoms with van der Waals surface area (Å²) in [6, 6.07) is 0. The second kappa shape index (κ2) is 5.18. The molecule has 1 aromatic heterocycles. The lowest BCUT2D eigenvalue weighted by atomic mass is 9.77. The number of hydrogen-bond acceptors (Lipinski definition) is 3. The molecule has 126 valence electrons. The van der Waals surface area contributed by atoms with E-state index in [-0.39, 0.29) is 24.9 Å². The van der Waals surface area contributed by atoms with E-state index in [0.29, 0.717) is 11.7 Å². The molecule has 1 amide bonds. The number of amides is 1. The molecule has 3 aliphatic rings. The molecule has 0 spiro atoms. The van der Waals surface area contributed by atoms with Crippen molar-refractivity contribution in [1.82, 2.24) is 9.78 Å². The van der Waals surface area contributed by atoms with Crippen LogP contribution in [0.15, 0.2) is 0 Å². The molecule has 1 aromatic rings. The molecule has 0 unspecified atom stereocenters. The zero-order valence-electron chi connectivity index (χ0n) is 13.1. The molecule has 3 aliphatic carbocycles. The molecule has 0 saturated heterocycles.